The first-order chi connectivity index (χ1) is 16.2. The molecule has 0 atom stereocenters. The summed E-state index contributed by atoms with van der Waals surface area (Å²) in [6, 6.07) is 16.8. The molecule has 0 N–H and O–H groups in total. The largest absolute Gasteiger partial charge is 0.457 e. The molecule has 0 radical (unpaired) electrons. The molecule has 0 amide bonds. The number of hydrogen-bond acceptors (Lipinski definition) is 4. The highest BCUT2D eigenvalue weighted by atomic mass is 16.5. The number of aromatic nitrogens is 2. The standard InChI is InChI=1S/C29H32N4O/c1-20-14-21(2)33(30-20)24-10-9-11-25(18-24)34-26-16-22(15-23(17-26)29(3,4)5)27-19-32-13-8-7-12-28(32)31(27)6/h7-12,14-19H,13H2,1-6H3. The first-order valence-corrected chi connectivity index (χ1v) is 11.8. The zero-order valence-corrected chi connectivity index (χ0v) is 20.8. The molecule has 2 aliphatic heterocycles. The molecule has 2 aromatic carbocycles. The van der Waals surface area contributed by atoms with E-state index in [2.05, 4.69) is 104 Å². The van der Waals surface area contributed by atoms with Gasteiger partial charge < -0.3 is 14.5 Å². The van der Waals surface area contributed by atoms with Gasteiger partial charge in [-0.1, -0.05) is 39.0 Å². The van der Waals surface area contributed by atoms with E-state index in [9.17, 15) is 0 Å². The Balaban J connectivity index is 1.52. The van der Waals surface area contributed by atoms with Crippen LogP contribution < -0.4 is 4.74 Å². The Bertz CT molecular complexity index is 1340. The monoisotopic (exact) mass is 452 g/mol. The van der Waals surface area contributed by atoms with Crippen LogP contribution in [-0.4, -0.2) is 33.2 Å². The first kappa shape index (κ1) is 22.1. The number of fused-ring (bicyclic) bond motifs is 1. The van der Waals surface area contributed by atoms with E-state index in [0.717, 1.165) is 40.7 Å². The van der Waals surface area contributed by atoms with Gasteiger partial charge in [0.25, 0.3) is 0 Å². The second kappa shape index (κ2) is 8.24. The molecule has 3 heterocycles. The molecule has 0 bridgehead atoms. The predicted molar refractivity (Wildman–Crippen MR) is 138 cm³/mol. The predicted octanol–water partition coefficient (Wildman–Crippen LogP) is 6.54. The van der Waals surface area contributed by atoms with Gasteiger partial charge in [-0.2, -0.15) is 5.10 Å². The highest BCUT2D eigenvalue weighted by Crippen LogP contribution is 2.38. The summed E-state index contributed by atoms with van der Waals surface area (Å²) >= 11 is 0. The quantitative estimate of drug-likeness (QED) is 0.450. The van der Waals surface area contributed by atoms with Crippen LogP contribution in [0.15, 0.2) is 78.8 Å². The number of rotatable bonds is 4. The van der Waals surface area contributed by atoms with Gasteiger partial charge in [0.05, 0.1) is 17.1 Å². The zero-order chi connectivity index (χ0) is 24.0. The molecular weight excluding hydrogens is 420 g/mol. The molecule has 3 aromatic rings. The SMILES string of the molecule is Cc1cc(C)n(-c2cccc(Oc3cc(C4=CN5CC=CC=C5N4C)cc(C(C)(C)C)c3)c2)n1. The van der Waals surface area contributed by atoms with Gasteiger partial charge in [0.15, 0.2) is 0 Å². The molecule has 174 valence electrons. The van der Waals surface area contributed by atoms with Crippen LogP contribution in [0.4, 0.5) is 0 Å². The van der Waals surface area contributed by atoms with E-state index in [1.807, 2.05) is 29.8 Å². The zero-order valence-electron chi connectivity index (χ0n) is 20.8. The van der Waals surface area contributed by atoms with Gasteiger partial charge in [0.2, 0.25) is 0 Å². The smallest absolute Gasteiger partial charge is 0.129 e. The highest BCUT2D eigenvalue weighted by molar-refractivity contribution is 5.70. The topological polar surface area (TPSA) is 33.5 Å². The number of allylic oxidation sites excluding steroid dienone is 2. The van der Waals surface area contributed by atoms with Crippen LogP contribution in [0.1, 0.15) is 43.3 Å². The minimum absolute atomic E-state index is 0.00866. The van der Waals surface area contributed by atoms with E-state index in [1.54, 1.807) is 0 Å². The lowest BCUT2D eigenvalue weighted by Gasteiger charge is -2.25. The summed E-state index contributed by atoms with van der Waals surface area (Å²) < 4.78 is 8.40. The number of nitrogens with zero attached hydrogens (tertiary/aromatic N) is 4. The molecule has 5 rings (SSSR count). The maximum absolute atomic E-state index is 6.45. The lowest BCUT2D eigenvalue weighted by Crippen LogP contribution is -2.22. The van der Waals surface area contributed by atoms with Gasteiger partial charge in [-0.05, 0) is 67.3 Å². The van der Waals surface area contributed by atoms with Gasteiger partial charge in [-0.3, -0.25) is 0 Å². The Kier molecular flexibility index (Phi) is 5.35. The molecule has 1 aromatic heterocycles. The van der Waals surface area contributed by atoms with Gasteiger partial charge in [-0.15, -0.1) is 0 Å². The van der Waals surface area contributed by atoms with Crippen molar-refractivity contribution in [2.45, 2.75) is 40.0 Å². The molecule has 0 saturated carbocycles. The maximum atomic E-state index is 6.45. The van der Waals surface area contributed by atoms with Crippen LogP contribution in [0.25, 0.3) is 11.4 Å². The number of benzene rings is 2. The van der Waals surface area contributed by atoms with Crippen molar-refractivity contribution in [2.24, 2.45) is 0 Å². The maximum Gasteiger partial charge on any atom is 0.129 e. The van der Waals surface area contributed by atoms with E-state index < -0.39 is 0 Å². The van der Waals surface area contributed by atoms with Crippen molar-refractivity contribution in [1.29, 1.82) is 0 Å². The Hall–Kier alpha value is -3.73. The van der Waals surface area contributed by atoms with Crippen LogP contribution >= 0.6 is 0 Å². The Labute approximate surface area is 202 Å². The third kappa shape index (κ3) is 4.14. The fourth-order valence-corrected chi connectivity index (χ4v) is 4.51. The fourth-order valence-electron chi connectivity index (χ4n) is 4.51. The third-order valence-corrected chi connectivity index (χ3v) is 6.34. The fraction of sp³-hybridized carbons (Fsp3) is 0.276. The minimum Gasteiger partial charge on any atom is -0.457 e. The van der Waals surface area contributed by atoms with Crippen molar-refractivity contribution < 1.29 is 4.74 Å². The van der Waals surface area contributed by atoms with Gasteiger partial charge in [0, 0.05) is 37.1 Å². The average Bonchev–Trinajstić information content (AvgIpc) is 3.31. The second-order valence-electron chi connectivity index (χ2n) is 10.1. The van der Waals surface area contributed by atoms with E-state index in [4.69, 9.17) is 4.74 Å². The summed E-state index contributed by atoms with van der Waals surface area (Å²) in [6.07, 6.45) is 8.68. The van der Waals surface area contributed by atoms with Crippen molar-refractivity contribution in [3.05, 3.63) is 101 Å². The van der Waals surface area contributed by atoms with E-state index in [-0.39, 0.29) is 5.41 Å². The summed E-state index contributed by atoms with van der Waals surface area (Å²) in [5.41, 5.74) is 6.64. The van der Waals surface area contributed by atoms with E-state index >= 15 is 0 Å². The van der Waals surface area contributed by atoms with Gasteiger partial charge in [0.1, 0.15) is 17.3 Å². The number of hydrogen-bond donors (Lipinski definition) is 0. The molecule has 0 saturated heterocycles. The van der Waals surface area contributed by atoms with Crippen molar-refractivity contribution in [3.63, 3.8) is 0 Å². The average molecular weight is 453 g/mol. The van der Waals surface area contributed by atoms with Crippen LogP contribution in [0.5, 0.6) is 11.5 Å². The molecule has 2 aliphatic rings. The second-order valence-corrected chi connectivity index (χ2v) is 10.1. The molecular formula is C29H32N4O. The molecule has 0 spiro atoms. The van der Waals surface area contributed by atoms with Gasteiger partial charge >= 0.3 is 0 Å². The van der Waals surface area contributed by atoms with Crippen molar-refractivity contribution in [2.75, 3.05) is 13.6 Å². The molecule has 34 heavy (non-hydrogen) atoms. The normalized spacial score (nSPS) is 15.4. The van der Waals surface area contributed by atoms with E-state index in [1.165, 1.54) is 17.1 Å². The van der Waals surface area contributed by atoms with Crippen molar-refractivity contribution in [1.82, 2.24) is 19.6 Å². The van der Waals surface area contributed by atoms with Crippen LogP contribution in [0, 0.1) is 13.8 Å². The number of aryl methyl sites for hydroxylation is 2. The molecule has 0 fully saturated rings. The molecule has 0 aliphatic carbocycles. The first-order valence-electron chi connectivity index (χ1n) is 11.8. The Morgan fingerprint density at radius 1 is 0.971 bits per heavy atom. The summed E-state index contributed by atoms with van der Waals surface area (Å²) in [5, 5.41) is 4.62. The molecule has 0 unspecified atom stereocenters. The van der Waals surface area contributed by atoms with Crippen LogP contribution in [0.2, 0.25) is 0 Å². The highest BCUT2D eigenvalue weighted by Gasteiger charge is 2.26. The summed E-state index contributed by atoms with van der Waals surface area (Å²) in [6.45, 7) is 11.7. The Morgan fingerprint density at radius 2 is 1.79 bits per heavy atom. The lowest BCUT2D eigenvalue weighted by atomic mass is 9.85. The summed E-state index contributed by atoms with van der Waals surface area (Å²) in [4.78, 5) is 4.52. The van der Waals surface area contributed by atoms with Crippen LogP contribution in [0.3, 0.4) is 0 Å². The molecule has 5 heteroatoms. The van der Waals surface area contributed by atoms with Crippen molar-refractivity contribution >= 4 is 5.70 Å². The third-order valence-electron chi connectivity index (χ3n) is 6.34. The number of ether oxygens (including phenoxy) is 1. The Morgan fingerprint density at radius 3 is 2.50 bits per heavy atom. The minimum atomic E-state index is -0.00866. The van der Waals surface area contributed by atoms with Gasteiger partial charge in [-0.25, -0.2) is 4.68 Å². The van der Waals surface area contributed by atoms with Crippen LogP contribution in [-0.2, 0) is 5.41 Å². The van der Waals surface area contributed by atoms with Crippen molar-refractivity contribution in [3.8, 4) is 17.2 Å². The lowest BCUT2D eigenvalue weighted by molar-refractivity contribution is 0.422. The van der Waals surface area contributed by atoms with E-state index in [0.29, 0.717) is 0 Å². The molecule has 5 nitrogen and oxygen atoms in total. The summed E-state index contributed by atoms with van der Waals surface area (Å²) in [7, 11) is 2.12. The summed E-state index contributed by atoms with van der Waals surface area (Å²) in [5.74, 6) is 2.82.